The zero-order chi connectivity index (χ0) is 11.5. The van der Waals surface area contributed by atoms with Crippen LogP contribution in [0.25, 0.3) is 0 Å². The molecule has 0 bridgehead atoms. The summed E-state index contributed by atoms with van der Waals surface area (Å²) in [6, 6.07) is 0. The second-order valence-corrected chi connectivity index (χ2v) is 5.55. The molecular weight excluding hydrogens is 188 g/mol. The first-order chi connectivity index (χ1) is 6.91. The third-order valence-electron chi connectivity index (χ3n) is 2.91. The normalized spacial score (nSPS) is 21.9. The quantitative estimate of drug-likeness (QED) is 0.771. The lowest BCUT2D eigenvalue weighted by atomic mass is 10.0. The first kappa shape index (κ1) is 12.5. The second-order valence-electron chi connectivity index (χ2n) is 5.55. The Labute approximate surface area is 93.2 Å². The van der Waals surface area contributed by atoms with Crippen LogP contribution in [0, 0.1) is 5.92 Å². The molecular formula is C12H24N2O. The fraction of sp³-hybridized carbons (Fsp3) is 0.917. The molecule has 0 spiro atoms. The van der Waals surface area contributed by atoms with Crippen LogP contribution in [0.2, 0.25) is 0 Å². The van der Waals surface area contributed by atoms with Gasteiger partial charge in [0.2, 0.25) is 5.91 Å². The number of rotatable bonds is 3. The van der Waals surface area contributed by atoms with Crippen LogP contribution < -0.4 is 5.32 Å². The molecule has 88 valence electrons. The Morgan fingerprint density at radius 2 is 2.13 bits per heavy atom. The highest BCUT2D eigenvalue weighted by Crippen LogP contribution is 2.14. The minimum atomic E-state index is -0.0380. The number of nitrogens with zero attached hydrogens (tertiary/aromatic N) is 1. The molecule has 0 aromatic carbocycles. The number of hydrogen-bond donors (Lipinski definition) is 1. The number of hydrogen-bond acceptors (Lipinski definition) is 2. The first-order valence-corrected chi connectivity index (χ1v) is 5.93. The molecule has 0 radical (unpaired) electrons. The van der Waals surface area contributed by atoms with E-state index in [1.54, 1.807) is 0 Å². The molecule has 1 saturated heterocycles. The lowest BCUT2D eigenvalue weighted by molar-refractivity contribution is -0.131. The van der Waals surface area contributed by atoms with Crippen LogP contribution >= 0.6 is 0 Å². The average molecular weight is 212 g/mol. The third kappa shape index (κ3) is 4.20. The highest BCUT2D eigenvalue weighted by molar-refractivity contribution is 5.77. The summed E-state index contributed by atoms with van der Waals surface area (Å²) in [5.41, 5.74) is -0.0380. The van der Waals surface area contributed by atoms with Crippen molar-refractivity contribution >= 4 is 5.91 Å². The SMILES string of the molecule is CC(C)CCN1CCNC(C)(C)CC1=O. The van der Waals surface area contributed by atoms with E-state index in [-0.39, 0.29) is 5.54 Å². The van der Waals surface area contributed by atoms with Crippen molar-refractivity contribution in [2.75, 3.05) is 19.6 Å². The lowest BCUT2D eigenvalue weighted by Crippen LogP contribution is -2.39. The maximum atomic E-state index is 11.9. The average Bonchev–Trinajstić information content (AvgIpc) is 2.20. The van der Waals surface area contributed by atoms with Gasteiger partial charge in [0.05, 0.1) is 0 Å². The van der Waals surface area contributed by atoms with Gasteiger partial charge in [0.1, 0.15) is 0 Å². The zero-order valence-electron chi connectivity index (χ0n) is 10.5. The van der Waals surface area contributed by atoms with Gasteiger partial charge in [0, 0.05) is 31.6 Å². The zero-order valence-corrected chi connectivity index (χ0v) is 10.5. The molecule has 0 saturated carbocycles. The standard InChI is InChI=1S/C12H24N2O/c1-10(2)5-7-14-8-6-13-12(3,4)9-11(14)15/h10,13H,5-9H2,1-4H3. The Bertz CT molecular complexity index is 224. The van der Waals surface area contributed by atoms with Crippen molar-refractivity contribution in [3.63, 3.8) is 0 Å². The van der Waals surface area contributed by atoms with Crippen molar-refractivity contribution in [3.8, 4) is 0 Å². The highest BCUT2D eigenvalue weighted by Gasteiger charge is 2.27. The topological polar surface area (TPSA) is 32.3 Å². The molecule has 1 amide bonds. The fourth-order valence-corrected chi connectivity index (χ4v) is 1.86. The van der Waals surface area contributed by atoms with Crippen LogP contribution in [-0.4, -0.2) is 36.0 Å². The molecule has 1 N–H and O–H groups in total. The molecule has 1 fully saturated rings. The largest absolute Gasteiger partial charge is 0.341 e. The van der Waals surface area contributed by atoms with Crippen LogP contribution in [0.4, 0.5) is 0 Å². The van der Waals surface area contributed by atoms with Crippen LogP contribution in [0.5, 0.6) is 0 Å². The number of carbonyl (C=O) groups is 1. The molecule has 0 unspecified atom stereocenters. The van der Waals surface area contributed by atoms with Gasteiger partial charge in [-0.1, -0.05) is 13.8 Å². The number of nitrogens with one attached hydrogen (secondary N) is 1. The smallest absolute Gasteiger partial charge is 0.224 e. The summed E-state index contributed by atoms with van der Waals surface area (Å²) < 4.78 is 0. The summed E-state index contributed by atoms with van der Waals surface area (Å²) in [5, 5.41) is 3.41. The van der Waals surface area contributed by atoms with E-state index in [1.165, 1.54) is 0 Å². The van der Waals surface area contributed by atoms with Gasteiger partial charge in [0.25, 0.3) is 0 Å². The van der Waals surface area contributed by atoms with E-state index in [9.17, 15) is 4.79 Å². The van der Waals surface area contributed by atoms with Gasteiger partial charge in [0.15, 0.2) is 0 Å². The van der Waals surface area contributed by atoms with E-state index in [4.69, 9.17) is 0 Å². The Morgan fingerprint density at radius 3 is 2.73 bits per heavy atom. The molecule has 3 nitrogen and oxygen atoms in total. The van der Waals surface area contributed by atoms with Gasteiger partial charge in [-0.05, 0) is 26.2 Å². The van der Waals surface area contributed by atoms with Crippen LogP contribution in [0.3, 0.4) is 0 Å². The van der Waals surface area contributed by atoms with Crippen molar-refractivity contribution in [1.82, 2.24) is 10.2 Å². The van der Waals surface area contributed by atoms with Crippen LogP contribution in [-0.2, 0) is 4.79 Å². The van der Waals surface area contributed by atoms with Crippen molar-refractivity contribution in [1.29, 1.82) is 0 Å². The van der Waals surface area contributed by atoms with E-state index in [1.807, 2.05) is 4.90 Å². The van der Waals surface area contributed by atoms with Gasteiger partial charge in [-0.3, -0.25) is 4.79 Å². The molecule has 1 aliphatic rings. The summed E-state index contributed by atoms with van der Waals surface area (Å²) >= 11 is 0. The van der Waals surface area contributed by atoms with Crippen molar-refractivity contribution in [3.05, 3.63) is 0 Å². The maximum Gasteiger partial charge on any atom is 0.224 e. The van der Waals surface area contributed by atoms with E-state index < -0.39 is 0 Å². The molecule has 3 heteroatoms. The second kappa shape index (κ2) is 4.97. The van der Waals surface area contributed by atoms with Gasteiger partial charge < -0.3 is 10.2 Å². The first-order valence-electron chi connectivity index (χ1n) is 5.93. The highest BCUT2D eigenvalue weighted by atomic mass is 16.2. The van der Waals surface area contributed by atoms with Crippen LogP contribution in [0.1, 0.15) is 40.5 Å². The Hall–Kier alpha value is -0.570. The summed E-state index contributed by atoms with van der Waals surface area (Å²) in [5.74, 6) is 0.965. The summed E-state index contributed by atoms with van der Waals surface area (Å²) in [4.78, 5) is 13.9. The summed E-state index contributed by atoms with van der Waals surface area (Å²) in [6.07, 6.45) is 1.72. The minimum absolute atomic E-state index is 0.0380. The maximum absolute atomic E-state index is 11.9. The molecule has 1 aliphatic heterocycles. The van der Waals surface area contributed by atoms with Gasteiger partial charge >= 0.3 is 0 Å². The predicted octanol–water partition coefficient (Wildman–Crippen LogP) is 1.63. The Kier molecular flexibility index (Phi) is 4.14. The molecule has 0 aliphatic carbocycles. The van der Waals surface area contributed by atoms with E-state index >= 15 is 0 Å². The number of carbonyl (C=O) groups excluding carboxylic acids is 1. The predicted molar refractivity (Wildman–Crippen MR) is 62.7 cm³/mol. The van der Waals surface area contributed by atoms with E-state index in [2.05, 4.69) is 33.0 Å². The third-order valence-corrected chi connectivity index (χ3v) is 2.91. The lowest BCUT2D eigenvalue weighted by Gasteiger charge is -2.23. The molecule has 0 aromatic heterocycles. The summed E-state index contributed by atoms with van der Waals surface area (Å²) in [7, 11) is 0. The van der Waals surface area contributed by atoms with Gasteiger partial charge in [-0.25, -0.2) is 0 Å². The molecule has 1 heterocycles. The van der Waals surface area contributed by atoms with Crippen molar-refractivity contribution < 1.29 is 4.79 Å². The van der Waals surface area contributed by atoms with Crippen molar-refractivity contribution in [2.45, 2.75) is 46.1 Å². The van der Waals surface area contributed by atoms with E-state index in [0.29, 0.717) is 18.2 Å². The number of amides is 1. The summed E-state index contributed by atoms with van der Waals surface area (Å²) in [6.45, 7) is 11.3. The molecule has 1 rings (SSSR count). The Balaban J connectivity index is 2.48. The van der Waals surface area contributed by atoms with E-state index in [0.717, 1.165) is 26.1 Å². The van der Waals surface area contributed by atoms with Crippen LogP contribution in [0.15, 0.2) is 0 Å². The van der Waals surface area contributed by atoms with Gasteiger partial charge in [-0.15, -0.1) is 0 Å². The van der Waals surface area contributed by atoms with Gasteiger partial charge in [-0.2, -0.15) is 0 Å². The molecule has 15 heavy (non-hydrogen) atoms. The Morgan fingerprint density at radius 1 is 1.47 bits per heavy atom. The monoisotopic (exact) mass is 212 g/mol. The minimum Gasteiger partial charge on any atom is -0.341 e. The molecule has 0 atom stereocenters. The molecule has 0 aromatic rings. The van der Waals surface area contributed by atoms with Crippen molar-refractivity contribution in [2.24, 2.45) is 5.92 Å². The fourth-order valence-electron chi connectivity index (χ4n) is 1.86.